The van der Waals surface area contributed by atoms with Crippen LogP contribution in [-0.4, -0.2) is 0 Å². The van der Waals surface area contributed by atoms with Crippen molar-refractivity contribution >= 4 is 0 Å². The molecule has 1 heteroatoms. The van der Waals surface area contributed by atoms with Gasteiger partial charge in [-0.3, -0.25) is 0 Å². The molecular formula is C13H19N. The van der Waals surface area contributed by atoms with Crippen molar-refractivity contribution in [2.45, 2.75) is 33.2 Å². The van der Waals surface area contributed by atoms with Crippen molar-refractivity contribution in [3.8, 4) is 0 Å². The molecule has 0 radical (unpaired) electrons. The molecule has 0 spiro atoms. The molecule has 1 saturated carbocycles. The van der Waals surface area contributed by atoms with E-state index in [9.17, 15) is 0 Å². The van der Waals surface area contributed by atoms with Crippen molar-refractivity contribution in [1.82, 2.24) is 0 Å². The molecule has 0 amide bonds. The van der Waals surface area contributed by atoms with Crippen LogP contribution >= 0.6 is 0 Å². The lowest BCUT2D eigenvalue weighted by Crippen LogP contribution is -2.15. The fraction of sp³-hybridized carbons (Fsp3) is 0.538. The van der Waals surface area contributed by atoms with Gasteiger partial charge in [0.25, 0.3) is 0 Å². The van der Waals surface area contributed by atoms with Gasteiger partial charge in [0, 0.05) is 6.04 Å². The van der Waals surface area contributed by atoms with Gasteiger partial charge in [-0.2, -0.15) is 0 Å². The molecule has 0 bridgehead atoms. The minimum Gasteiger partial charge on any atom is -0.324 e. The predicted octanol–water partition coefficient (Wildman–Crippen LogP) is 3.04. The zero-order valence-corrected chi connectivity index (χ0v) is 9.25. The Balaban J connectivity index is 2.13. The van der Waals surface area contributed by atoms with E-state index >= 15 is 0 Å². The summed E-state index contributed by atoms with van der Waals surface area (Å²) in [6.45, 7) is 6.70. The Morgan fingerprint density at radius 2 is 1.79 bits per heavy atom. The minimum atomic E-state index is 0.227. The fourth-order valence-corrected chi connectivity index (χ4v) is 2.14. The van der Waals surface area contributed by atoms with Gasteiger partial charge in [0.1, 0.15) is 0 Å². The second kappa shape index (κ2) is 3.09. The van der Waals surface area contributed by atoms with Crippen molar-refractivity contribution in [1.29, 1.82) is 0 Å². The third-order valence-electron chi connectivity index (χ3n) is 3.49. The summed E-state index contributed by atoms with van der Waals surface area (Å²) in [6, 6.07) is 8.84. The normalized spacial score (nSPS) is 25.9. The van der Waals surface area contributed by atoms with Gasteiger partial charge in [-0.15, -0.1) is 0 Å². The molecule has 2 atom stereocenters. The second-order valence-corrected chi connectivity index (χ2v) is 5.24. The van der Waals surface area contributed by atoms with Crippen LogP contribution in [0.1, 0.15) is 37.4 Å². The molecule has 2 unspecified atom stereocenters. The average Bonchev–Trinajstić information content (AvgIpc) is 2.75. The molecule has 14 heavy (non-hydrogen) atoms. The lowest BCUT2D eigenvalue weighted by molar-refractivity contribution is 0.491. The van der Waals surface area contributed by atoms with E-state index < -0.39 is 0 Å². The maximum absolute atomic E-state index is 6.23. The van der Waals surface area contributed by atoms with Gasteiger partial charge in [0.05, 0.1) is 0 Å². The molecule has 0 heterocycles. The molecule has 0 aliphatic heterocycles. The first-order valence-corrected chi connectivity index (χ1v) is 5.33. The highest BCUT2D eigenvalue weighted by atomic mass is 14.7. The lowest BCUT2D eigenvalue weighted by Gasteiger charge is -2.13. The molecule has 1 aliphatic carbocycles. The quantitative estimate of drug-likeness (QED) is 0.760. The number of nitrogens with two attached hydrogens (primary N) is 1. The monoisotopic (exact) mass is 189 g/mol. The Hall–Kier alpha value is -0.820. The Kier molecular flexibility index (Phi) is 2.15. The molecule has 76 valence electrons. The summed E-state index contributed by atoms with van der Waals surface area (Å²) >= 11 is 0. The molecule has 1 nitrogen and oxygen atoms in total. The van der Waals surface area contributed by atoms with E-state index in [-0.39, 0.29) is 6.04 Å². The van der Waals surface area contributed by atoms with E-state index in [0.29, 0.717) is 11.3 Å². The van der Waals surface area contributed by atoms with E-state index in [0.717, 1.165) is 0 Å². The highest BCUT2D eigenvalue weighted by molar-refractivity contribution is 5.26. The SMILES string of the molecule is Cc1ccc(C(N)C2CC2(C)C)cc1. The maximum atomic E-state index is 6.23. The third kappa shape index (κ3) is 1.69. The Bertz CT molecular complexity index is 324. The van der Waals surface area contributed by atoms with Crippen molar-refractivity contribution in [2.24, 2.45) is 17.1 Å². The van der Waals surface area contributed by atoms with Crippen molar-refractivity contribution < 1.29 is 0 Å². The van der Waals surface area contributed by atoms with Crippen LogP contribution < -0.4 is 5.73 Å². The van der Waals surface area contributed by atoms with Crippen LogP contribution in [-0.2, 0) is 0 Å². The smallest absolute Gasteiger partial charge is 0.0328 e. The summed E-state index contributed by atoms with van der Waals surface area (Å²) in [5, 5.41) is 0. The van der Waals surface area contributed by atoms with Gasteiger partial charge in [0.2, 0.25) is 0 Å². The lowest BCUT2D eigenvalue weighted by atomic mass is 9.97. The largest absolute Gasteiger partial charge is 0.324 e. The Labute approximate surface area is 86.3 Å². The van der Waals surface area contributed by atoms with E-state index in [1.165, 1.54) is 17.5 Å². The summed E-state index contributed by atoms with van der Waals surface area (Å²) in [6.07, 6.45) is 1.27. The first kappa shape index (κ1) is 9.72. The number of hydrogen-bond donors (Lipinski definition) is 1. The molecule has 0 saturated heterocycles. The highest BCUT2D eigenvalue weighted by Crippen LogP contribution is 2.56. The molecule has 0 aromatic heterocycles. The average molecular weight is 189 g/mol. The van der Waals surface area contributed by atoms with Crippen LogP contribution in [0.15, 0.2) is 24.3 Å². The molecular weight excluding hydrogens is 170 g/mol. The van der Waals surface area contributed by atoms with Crippen molar-refractivity contribution in [3.63, 3.8) is 0 Å². The molecule has 2 rings (SSSR count). The first-order chi connectivity index (χ1) is 6.50. The number of aryl methyl sites for hydroxylation is 1. The van der Waals surface area contributed by atoms with Crippen LogP contribution in [0, 0.1) is 18.3 Å². The zero-order chi connectivity index (χ0) is 10.3. The third-order valence-corrected chi connectivity index (χ3v) is 3.49. The molecule has 1 aromatic carbocycles. The van der Waals surface area contributed by atoms with Crippen molar-refractivity contribution in [3.05, 3.63) is 35.4 Å². The topological polar surface area (TPSA) is 26.0 Å². The summed E-state index contributed by atoms with van der Waals surface area (Å²) in [4.78, 5) is 0. The predicted molar refractivity (Wildman–Crippen MR) is 60.0 cm³/mol. The molecule has 2 N–H and O–H groups in total. The van der Waals surface area contributed by atoms with Crippen molar-refractivity contribution in [2.75, 3.05) is 0 Å². The molecule has 1 fully saturated rings. The number of hydrogen-bond acceptors (Lipinski definition) is 1. The summed E-state index contributed by atoms with van der Waals surface area (Å²) < 4.78 is 0. The van der Waals surface area contributed by atoms with Crippen LogP contribution in [0.4, 0.5) is 0 Å². The number of rotatable bonds is 2. The van der Waals surface area contributed by atoms with E-state index in [4.69, 9.17) is 5.73 Å². The van der Waals surface area contributed by atoms with Gasteiger partial charge in [-0.25, -0.2) is 0 Å². The summed E-state index contributed by atoms with van der Waals surface area (Å²) in [5.41, 5.74) is 9.27. The van der Waals surface area contributed by atoms with Gasteiger partial charge < -0.3 is 5.73 Å². The maximum Gasteiger partial charge on any atom is 0.0328 e. The molecule has 1 aromatic rings. The van der Waals surface area contributed by atoms with Crippen LogP contribution in [0.5, 0.6) is 0 Å². The Morgan fingerprint density at radius 1 is 1.29 bits per heavy atom. The van der Waals surface area contributed by atoms with E-state index in [1.807, 2.05) is 0 Å². The second-order valence-electron chi connectivity index (χ2n) is 5.24. The van der Waals surface area contributed by atoms with Gasteiger partial charge in [0.15, 0.2) is 0 Å². The van der Waals surface area contributed by atoms with Crippen LogP contribution in [0.3, 0.4) is 0 Å². The van der Waals surface area contributed by atoms with Gasteiger partial charge >= 0.3 is 0 Å². The fourth-order valence-electron chi connectivity index (χ4n) is 2.14. The van der Waals surface area contributed by atoms with Crippen LogP contribution in [0.25, 0.3) is 0 Å². The summed E-state index contributed by atoms with van der Waals surface area (Å²) in [5.74, 6) is 0.671. The standard InChI is InChI=1S/C13H19N/c1-9-4-6-10(7-5-9)12(14)11-8-13(11,2)3/h4-7,11-12H,8,14H2,1-3H3. The Morgan fingerprint density at radius 3 is 2.21 bits per heavy atom. The van der Waals surface area contributed by atoms with E-state index in [1.54, 1.807) is 0 Å². The first-order valence-electron chi connectivity index (χ1n) is 5.33. The number of benzene rings is 1. The summed E-state index contributed by atoms with van der Waals surface area (Å²) in [7, 11) is 0. The van der Waals surface area contributed by atoms with Gasteiger partial charge in [-0.1, -0.05) is 43.7 Å². The van der Waals surface area contributed by atoms with Gasteiger partial charge in [-0.05, 0) is 30.2 Å². The minimum absolute atomic E-state index is 0.227. The van der Waals surface area contributed by atoms with Crippen LogP contribution in [0.2, 0.25) is 0 Å². The molecule has 1 aliphatic rings. The zero-order valence-electron chi connectivity index (χ0n) is 9.25. The highest BCUT2D eigenvalue weighted by Gasteiger charge is 2.49. The van der Waals surface area contributed by atoms with E-state index in [2.05, 4.69) is 45.0 Å².